The van der Waals surface area contributed by atoms with E-state index >= 15 is 0 Å². The summed E-state index contributed by atoms with van der Waals surface area (Å²) in [6.45, 7) is 0.0598. The van der Waals surface area contributed by atoms with Gasteiger partial charge in [-0.15, -0.1) is 6.42 Å². The summed E-state index contributed by atoms with van der Waals surface area (Å²) in [5, 5.41) is 2.43. The quantitative estimate of drug-likeness (QED) is 0.745. The topological polar surface area (TPSA) is 81.4 Å². The van der Waals surface area contributed by atoms with Crippen molar-refractivity contribution >= 4 is 12.0 Å². The van der Waals surface area contributed by atoms with Crippen LogP contribution in [0.25, 0.3) is 0 Å². The molecule has 2 amide bonds. The molecule has 0 spiro atoms. The summed E-state index contributed by atoms with van der Waals surface area (Å²) >= 11 is 0. The summed E-state index contributed by atoms with van der Waals surface area (Å²) < 4.78 is 4.75. The number of nitrogens with two attached hydrogens (primary N) is 1. The Balaban J connectivity index is 2.85. The lowest BCUT2D eigenvalue weighted by atomic mass is 10.1. The average molecular weight is 232 g/mol. The maximum absolute atomic E-state index is 11.7. The zero-order chi connectivity index (χ0) is 12.7. The lowest BCUT2D eigenvalue weighted by molar-refractivity contribution is -0.129. The van der Waals surface area contributed by atoms with Crippen molar-refractivity contribution in [2.45, 2.75) is 6.10 Å². The van der Waals surface area contributed by atoms with Crippen LogP contribution in [0.4, 0.5) is 4.79 Å². The van der Waals surface area contributed by atoms with Gasteiger partial charge in [0.1, 0.15) is 0 Å². The van der Waals surface area contributed by atoms with Crippen molar-refractivity contribution in [2.24, 2.45) is 5.73 Å². The van der Waals surface area contributed by atoms with Crippen LogP contribution in [0.15, 0.2) is 30.3 Å². The summed E-state index contributed by atoms with van der Waals surface area (Å²) in [5.41, 5.74) is 5.44. The maximum Gasteiger partial charge on any atom is 0.405 e. The van der Waals surface area contributed by atoms with Crippen molar-refractivity contribution in [3.8, 4) is 12.3 Å². The predicted octanol–water partition coefficient (Wildman–Crippen LogP) is 0.572. The van der Waals surface area contributed by atoms with Crippen LogP contribution in [-0.4, -0.2) is 18.5 Å². The number of amides is 2. The highest BCUT2D eigenvalue weighted by Crippen LogP contribution is 2.16. The number of primary amides is 1. The van der Waals surface area contributed by atoms with Crippen molar-refractivity contribution in [1.29, 1.82) is 0 Å². The number of terminal acetylenes is 1. The van der Waals surface area contributed by atoms with E-state index in [1.807, 2.05) is 0 Å². The van der Waals surface area contributed by atoms with Crippen LogP contribution in [0.3, 0.4) is 0 Å². The molecule has 0 aliphatic carbocycles. The molecule has 0 fully saturated rings. The van der Waals surface area contributed by atoms with Crippen LogP contribution >= 0.6 is 0 Å². The monoisotopic (exact) mass is 232 g/mol. The summed E-state index contributed by atoms with van der Waals surface area (Å²) in [5.74, 6) is 1.75. The minimum absolute atomic E-state index is 0.0598. The molecule has 3 N–H and O–H groups in total. The number of carbonyl (C=O) groups excluding carboxylic acids is 2. The van der Waals surface area contributed by atoms with E-state index in [9.17, 15) is 9.59 Å². The van der Waals surface area contributed by atoms with E-state index in [2.05, 4.69) is 11.2 Å². The molecule has 0 saturated carbocycles. The van der Waals surface area contributed by atoms with Gasteiger partial charge in [-0.1, -0.05) is 36.3 Å². The van der Waals surface area contributed by atoms with Crippen LogP contribution < -0.4 is 11.1 Å². The van der Waals surface area contributed by atoms with Gasteiger partial charge in [-0.3, -0.25) is 4.79 Å². The summed E-state index contributed by atoms with van der Waals surface area (Å²) in [6, 6.07) is 8.54. The van der Waals surface area contributed by atoms with Gasteiger partial charge in [0, 0.05) is 5.56 Å². The van der Waals surface area contributed by atoms with E-state index in [4.69, 9.17) is 16.9 Å². The molecule has 0 aromatic heterocycles. The molecule has 17 heavy (non-hydrogen) atoms. The lowest BCUT2D eigenvalue weighted by Crippen LogP contribution is -2.33. The highest BCUT2D eigenvalue weighted by atomic mass is 16.6. The van der Waals surface area contributed by atoms with Crippen LogP contribution in [0.5, 0.6) is 0 Å². The number of benzene rings is 1. The number of rotatable bonds is 4. The summed E-state index contributed by atoms with van der Waals surface area (Å²) in [4.78, 5) is 22.4. The van der Waals surface area contributed by atoms with Gasteiger partial charge < -0.3 is 15.8 Å². The Morgan fingerprint density at radius 2 is 2.06 bits per heavy atom. The van der Waals surface area contributed by atoms with E-state index in [0.717, 1.165) is 0 Å². The molecule has 1 unspecified atom stereocenters. The number of nitrogens with one attached hydrogen (secondary N) is 1. The average Bonchev–Trinajstić information content (AvgIpc) is 2.34. The Labute approximate surface area is 98.9 Å². The summed E-state index contributed by atoms with van der Waals surface area (Å²) in [6.07, 6.45) is 2.92. The molecule has 0 radical (unpaired) electrons. The Morgan fingerprint density at radius 1 is 1.41 bits per heavy atom. The van der Waals surface area contributed by atoms with Crippen molar-refractivity contribution in [1.82, 2.24) is 5.32 Å². The van der Waals surface area contributed by atoms with Gasteiger partial charge >= 0.3 is 6.09 Å². The van der Waals surface area contributed by atoms with Crippen LogP contribution in [0.1, 0.15) is 11.7 Å². The van der Waals surface area contributed by atoms with Gasteiger partial charge in [-0.05, 0) is 0 Å². The van der Waals surface area contributed by atoms with Gasteiger partial charge in [0.2, 0.25) is 6.10 Å². The first-order valence-electron chi connectivity index (χ1n) is 4.87. The largest absolute Gasteiger partial charge is 0.431 e. The first-order chi connectivity index (χ1) is 8.15. The standard InChI is InChI=1S/C12H12N2O3/c1-2-8-14-11(15)10(17-12(13)16)9-6-4-3-5-7-9/h1,3-7,10H,8H2,(H2,13,16)(H,14,15). The Hall–Kier alpha value is -2.48. The molecule has 5 heteroatoms. The molecular weight excluding hydrogens is 220 g/mol. The molecule has 1 aromatic rings. The van der Waals surface area contributed by atoms with Crippen molar-refractivity contribution < 1.29 is 14.3 Å². The van der Waals surface area contributed by atoms with E-state index in [0.29, 0.717) is 5.56 Å². The highest BCUT2D eigenvalue weighted by molar-refractivity contribution is 5.84. The minimum Gasteiger partial charge on any atom is -0.431 e. The Morgan fingerprint density at radius 3 is 2.59 bits per heavy atom. The van der Waals surface area contributed by atoms with Crippen molar-refractivity contribution in [2.75, 3.05) is 6.54 Å². The van der Waals surface area contributed by atoms with Crippen molar-refractivity contribution in [3.05, 3.63) is 35.9 Å². The molecule has 0 saturated heterocycles. The predicted molar refractivity (Wildman–Crippen MR) is 61.7 cm³/mol. The number of hydrogen-bond donors (Lipinski definition) is 2. The van der Waals surface area contributed by atoms with Crippen LogP contribution in [0.2, 0.25) is 0 Å². The number of carbonyl (C=O) groups is 2. The molecular formula is C12H12N2O3. The van der Waals surface area contributed by atoms with E-state index in [1.165, 1.54) is 0 Å². The zero-order valence-corrected chi connectivity index (χ0v) is 9.05. The van der Waals surface area contributed by atoms with E-state index < -0.39 is 18.1 Å². The molecule has 1 aromatic carbocycles. The third kappa shape index (κ3) is 3.87. The van der Waals surface area contributed by atoms with E-state index in [-0.39, 0.29) is 6.54 Å². The second-order valence-electron chi connectivity index (χ2n) is 3.15. The third-order valence-electron chi connectivity index (χ3n) is 1.94. The van der Waals surface area contributed by atoms with Crippen LogP contribution in [0, 0.1) is 12.3 Å². The van der Waals surface area contributed by atoms with Gasteiger partial charge in [0.15, 0.2) is 0 Å². The number of hydrogen-bond acceptors (Lipinski definition) is 3. The Bertz CT molecular complexity index is 437. The lowest BCUT2D eigenvalue weighted by Gasteiger charge is -2.15. The molecule has 0 bridgehead atoms. The fraction of sp³-hybridized carbons (Fsp3) is 0.167. The first kappa shape index (κ1) is 12.6. The molecule has 88 valence electrons. The summed E-state index contributed by atoms with van der Waals surface area (Å²) in [7, 11) is 0. The maximum atomic E-state index is 11.7. The van der Waals surface area contributed by atoms with Gasteiger partial charge in [-0.2, -0.15) is 0 Å². The fourth-order valence-electron chi connectivity index (χ4n) is 1.25. The number of ether oxygens (including phenoxy) is 1. The zero-order valence-electron chi connectivity index (χ0n) is 9.05. The van der Waals surface area contributed by atoms with Gasteiger partial charge in [0.25, 0.3) is 5.91 Å². The SMILES string of the molecule is C#CCNC(=O)C(OC(N)=O)c1ccccc1. The molecule has 5 nitrogen and oxygen atoms in total. The molecule has 0 aliphatic rings. The second-order valence-corrected chi connectivity index (χ2v) is 3.15. The third-order valence-corrected chi connectivity index (χ3v) is 1.94. The molecule has 0 heterocycles. The van der Waals surface area contributed by atoms with Crippen LogP contribution in [-0.2, 0) is 9.53 Å². The fourth-order valence-corrected chi connectivity index (χ4v) is 1.25. The van der Waals surface area contributed by atoms with Gasteiger partial charge in [0.05, 0.1) is 6.54 Å². The first-order valence-corrected chi connectivity index (χ1v) is 4.87. The Kier molecular flexibility index (Phi) is 4.58. The smallest absolute Gasteiger partial charge is 0.405 e. The minimum atomic E-state index is -1.08. The second kappa shape index (κ2) is 6.18. The highest BCUT2D eigenvalue weighted by Gasteiger charge is 2.23. The molecule has 1 rings (SSSR count). The normalized spacial score (nSPS) is 11.0. The molecule has 0 aliphatic heterocycles. The van der Waals surface area contributed by atoms with E-state index in [1.54, 1.807) is 30.3 Å². The van der Waals surface area contributed by atoms with Gasteiger partial charge in [-0.25, -0.2) is 4.79 Å². The van der Waals surface area contributed by atoms with Crippen molar-refractivity contribution in [3.63, 3.8) is 0 Å². The molecule has 1 atom stereocenters.